The van der Waals surface area contributed by atoms with Gasteiger partial charge in [-0.1, -0.05) is 47.0 Å². The van der Waals surface area contributed by atoms with Crippen molar-refractivity contribution in [2.45, 2.75) is 141 Å². The van der Waals surface area contributed by atoms with Crippen LogP contribution in [-0.2, 0) is 14.2 Å². The number of fused-ring (bicyclic) bond motifs is 3. The number of rotatable bonds is 7. The fraction of sp³-hybridized carbons (Fsp3) is 1.00. The minimum atomic E-state index is -1.43. The Kier molecular flexibility index (Phi) is 9.25. The highest BCUT2D eigenvalue weighted by Gasteiger charge is 2.69. The maximum Gasteiger partial charge on any atom is 0.157 e. The van der Waals surface area contributed by atoms with Crippen molar-refractivity contribution in [1.82, 2.24) is 0 Å². The van der Waals surface area contributed by atoms with Crippen molar-refractivity contribution >= 4 is 0 Å². The van der Waals surface area contributed by atoms with Crippen molar-refractivity contribution in [2.75, 3.05) is 6.79 Å². The van der Waals surface area contributed by atoms with Crippen molar-refractivity contribution in [1.29, 1.82) is 0 Å². The average Bonchev–Trinajstić information content (AvgIpc) is 2.86. The zero-order chi connectivity index (χ0) is 28.0. The van der Waals surface area contributed by atoms with Gasteiger partial charge < -0.3 is 44.8 Å². The lowest BCUT2D eigenvalue weighted by molar-refractivity contribution is -0.332. The molecule has 0 spiro atoms. The van der Waals surface area contributed by atoms with E-state index in [9.17, 15) is 30.6 Å². The van der Waals surface area contributed by atoms with Crippen LogP contribution >= 0.6 is 0 Å². The highest BCUT2D eigenvalue weighted by molar-refractivity contribution is 5.18. The van der Waals surface area contributed by atoms with Crippen LogP contribution in [0.3, 0.4) is 0 Å². The predicted octanol–water partition coefficient (Wildman–Crippen LogP) is 2.28. The van der Waals surface area contributed by atoms with Crippen LogP contribution in [0.2, 0.25) is 0 Å². The minimum Gasteiger partial charge on any atom is -0.392 e. The third kappa shape index (κ3) is 5.21. The van der Waals surface area contributed by atoms with Crippen molar-refractivity contribution < 1.29 is 44.8 Å². The molecule has 0 aromatic carbocycles. The van der Waals surface area contributed by atoms with E-state index in [-0.39, 0.29) is 25.0 Å². The molecule has 0 saturated heterocycles. The number of ether oxygens (including phenoxy) is 3. The molecule has 4 rings (SSSR count). The predicted molar refractivity (Wildman–Crippen MR) is 139 cm³/mol. The molecule has 0 aromatic rings. The van der Waals surface area contributed by atoms with E-state index in [1.807, 2.05) is 20.8 Å². The molecular weight excluding hydrogens is 492 g/mol. The fourth-order valence-corrected chi connectivity index (χ4v) is 8.63. The lowest BCUT2D eigenvalue weighted by Gasteiger charge is -2.65. The minimum absolute atomic E-state index is 0.0356. The quantitative estimate of drug-likeness (QED) is 0.265. The van der Waals surface area contributed by atoms with E-state index in [4.69, 9.17) is 14.2 Å². The SMILES string of the molecule is CC(O)OCOC1CC(O)C2(C)C(O)C(O)C3C(C)CCC(O)([C@@H](OC(O)C4CCCCC4)C2C1)C3(C)C. The van der Waals surface area contributed by atoms with Gasteiger partial charge in [-0.15, -0.1) is 0 Å². The van der Waals surface area contributed by atoms with Crippen LogP contribution in [0.5, 0.6) is 0 Å². The molecule has 9 heteroatoms. The largest absolute Gasteiger partial charge is 0.392 e. The highest BCUT2D eigenvalue weighted by atomic mass is 16.7. The van der Waals surface area contributed by atoms with E-state index in [1.165, 1.54) is 6.92 Å². The lowest BCUT2D eigenvalue weighted by atomic mass is 9.45. The van der Waals surface area contributed by atoms with E-state index in [2.05, 4.69) is 0 Å². The number of hydrogen-bond donors (Lipinski definition) is 6. The Morgan fingerprint density at radius 3 is 2.24 bits per heavy atom. The molecule has 4 fully saturated rings. The fourth-order valence-electron chi connectivity index (χ4n) is 8.63. The van der Waals surface area contributed by atoms with Gasteiger partial charge in [-0.25, -0.2) is 0 Å². The smallest absolute Gasteiger partial charge is 0.157 e. The molecule has 38 heavy (non-hydrogen) atoms. The van der Waals surface area contributed by atoms with Gasteiger partial charge in [-0.2, -0.15) is 0 Å². The number of hydrogen-bond acceptors (Lipinski definition) is 9. The highest BCUT2D eigenvalue weighted by Crippen LogP contribution is 2.62. The van der Waals surface area contributed by atoms with Gasteiger partial charge in [-0.3, -0.25) is 0 Å². The summed E-state index contributed by atoms with van der Waals surface area (Å²) in [7, 11) is 0. The summed E-state index contributed by atoms with van der Waals surface area (Å²) >= 11 is 0. The van der Waals surface area contributed by atoms with E-state index >= 15 is 0 Å². The molecule has 11 unspecified atom stereocenters. The van der Waals surface area contributed by atoms with Crippen LogP contribution in [0, 0.1) is 34.5 Å². The van der Waals surface area contributed by atoms with Crippen molar-refractivity contribution in [3.63, 3.8) is 0 Å². The van der Waals surface area contributed by atoms with Crippen LogP contribution in [0.4, 0.5) is 0 Å². The molecule has 0 heterocycles. The van der Waals surface area contributed by atoms with Gasteiger partial charge in [0.25, 0.3) is 0 Å². The van der Waals surface area contributed by atoms with E-state index in [0.29, 0.717) is 19.3 Å². The van der Waals surface area contributed by atoms with Gasteiger partial charge in [0.1, 0.15) is 6.79 Å². The average molecular weight is 545 g/mol. The normalized spacial score (nSPS) is 47.4. The Hall–Kier alpha value is -0.360. The standard InChI is InChI=1S/C29H52O9/c1-16-11-12-29(35)25(38-26(34)18-9-7-6-8-10-18)20-13-19(37-15-36-17(2)30)14-21(31)28(20,5)24(33)23(32)22(16)27(29,3)4/h16-26,30-35H,6-15H2,1-5H3/t16?,17?,19?,20?,21?,22?,23?,24?,25-,26?,28?,29?/m0/s1. The van der Waals surface area contributed by atoms with Crippen LogP contribution < -0.4 is 0 Å². The third-order valence-electron chi connectivity index (χ3n) is 11.2. The van der Waals surface area contributed by atoms with Gasteiger partial charge >= 0.3 is 0 Å². The van der Waals surface area contributed by atoms with Crippen LogP contribution in [0.1, 0.15) is 92.4 Å². The Morgan fingerprint density at radius 1 is 0.947 bits per heavy atom. The first kappa shape index (κ1) is 30.6. The van der Waals surface area contributed by atoms with E-state index in [0.717, 1.165) is 32.1 Å². The molecule has 222 valence electrons. The molecule has 0 aliphatic heterocycles. The molecule has 12 atom stereocenters. The molecule has 6 N–H and O–H groups in total. The molecule has 4 saturated carbocycles. The molecular formula is C29H52O9. The molecule has 0 radical (unpaired) electrons. The molecule has 0 aromatic heterocycles. The molecule has 4 aliphatic rings. The zero-order valence-electron chi connectivity index (χ0n) is 23.8. The monoisotopic (exact) mass is 544 g/mol. The maximum atomic E-state index is 12.6. The number of aliphatic hydroxyl groups is 6. The lowest BCUT2D eigenvalue weighted by Crippen LogP contribution is -2.74. The van der Waals surface area contributed by atoms with Gasteiger partial charge in [0, 0.05) is 29.1 Å². The zero-order valence-corrected chi connectivity index (χ0v) is 23.8. The Labute approximate surface area is 227 Å². The third-order valence-corrected chi connectivity index (χ3v) is 11.2. The van der Waals surface area contributed by atoms with E-state index < -0.39 is 71.4 Å². The second-order valence-electron chi connectivity index (χ2n) is 13.6. The Balaban J connectivity index is 1.77. The number of aliphatic hydroxyl groups excluding tert-OH is 5. The first-order valence-electron chi connectivity index (χ1n) is 14.8. The summed E-state index contributed by atoms with van der Waals surface area (Å²) in [5.74, 6) is -1.08. The molecule has 0 amide bonds. The summed E-state index contributed by atoms with van der Waals surface area (Å²) in [6.07, 6.45) is -0.531. The summed E-state index contributed by atoms with van der Waals surface area (Å²) in [6, 6.07) is 0. The van der Waals surface area contributed by atoms with Gasteiger partial charge in [-0.05, 0) is 50.9 Å². The van der Waals surface area contributed by atoms with Gasteiger partial charge in [0.2, 0.25) is 0 Å². The first-order chi connectivity index (χ1) is 17.7. The summed E-state index contributed by atoms with van der Waals surface area (Å²) in [4.78, 5) is 0. The maximum absolute atomic E-state index is 12.6. The summed E-state index contributed by atoms with van der Waals surface area (Å²) < 4.78 is 17.6. The van der Waals surface area contributed by atoms with Crippen LogP contribution in [0.15, 0.2) is 0 Å². The van der Waals surface area contributed by atoms with Crippen molar-refractivity contribution in [2.24, 2.45) is 34.5 Å². The molecule has 2 bridgehead atoms. The second-order valence-corrected chi connectivity index (χ2v) is 13.6. The van der Waals surface area contributed by atoms with E-state index in [1.54, 1.807) is 6.92 Å². The second kappa shape index (κ2) is 11.5. The van der Waals surface area contributed by atoms with Crippen molar-refractivity contribution in [3.05, 3.63) is 0 Å². The van der Waals surface area contributed by atoms with Gasteiger partial charge in [0.05, 0.1) is 36.1 Å². The summed E-state index contributed by atoms with van der Waals surface area (Å²) in [6.45, 7) is 8.98. The first-order valence-corrected chi connectivity index (χ1v) is 14.8. The van der Waals surface area contributed by atoms with Crippen LogP contribution in [0.25, 0.3) is 0 Å². The molecule has 4 aliphatic carbocycles. The topological polar surface area (TPSA) is 149 Å². The Morgan fingerprint density at radius 2 is 1.61 bits per heavy atom. The molecule has 9 nitrogen and oxygen atoms in total. The van der Waals surface area contributed by atoms with Crippen LogP contribution in [-0.4, -0.2) is 86.1 Å². The Bertz CT molecular complexity index is 786. The summed E-state index contributed by atoms with van der Waals surface area (Å²) in [5.41, 5.74) is -3.50. The van der Waals surface area contributed by atoms with Crippen molar-refractivity contribution in [3.8, 4) is 0 Å². The summed E-state index contributed by atoms with van der Waals surface area (Å²) in [5, 5.41) is 68.4. The van der Waals surface area contributed by atoms with Gasteiger partial charge in [0.15, 0.2) is 12.6 Å².